The number of aliphatic hydroxyl groups is 1. The number of hydrogen-bond acceptors (Lipinski definition) is 4. The van der Waals surface area contributed by atoms with E-state index in [1.165, 1.54) is 24.9 Å². The Morgan fingerprint density at radius 2 is 2.04 bits per heavy atom. The molecule has 125 valence electrons. The Morgan fingerprint density at radius 3 is 2.74 bits per heavy atom. The summed E-state index contributed by atoms with van der Waals surface area (Å²) in [6, 6.07) is 10.9. The first kappa shape index (κ1) is 17.9. The number of rotatable bonds is 4. The maximum absolute atomic E-state index is 9.60. The minimum Gasteiger partial charge on any atom is -0.540 e. The monoisotopic (exact) mass is 490 g/mol. The molecule has 0 saturated carbocycles. The van der Waals surface area contributed by atoms with Crippen LogP contribution in [0.3, 0.4) is 0 Å². The number of aromatic nitrogens is 1. The molecule has 1 aliphatic rings. The number of aliphatic hydroxyl groups excluding tert-OH is 1. The van der Waals surface area contributed by atoms with Gasteiger partial charge in [0.05, 0.1) is 7.11 Å². The van der Waals surface area contributed by atoms with Gasteiger partial charge in [0, 0.05) is 57.4 Å². The summed E-state index contributed by atoms with van der Waals surface area (Å²) in [5.74, 6) is 0.694. The van der Waals surface area contributed by atoms with Gasteiger partial charge in [0.1, 0.15) is 0 Å². The molecule has 4 nitrogen and oxygen atoms in total. The predicted molar refractivity (Wildman–Crippen MR) is 87.0 cm³/mol. The van der Waals surface area contributed by atoms with Crippen LogP contribution in [0.4, 0.5) is 5.69 Å². The largest absolute Gasteiger partial charge is 0.540 e. The van der Waals surface area contributed by atoms with Gasteiger partial charge in [-0.3, -0.25) is 0 Å². The fourth-order valence-corrected chi connectivity index (χ4v) is 2.91. The van der Waals surface area contributed by atoms with Crippen molar-refractivity contribution in [3.05, 3.63) is 42.1 Å². The smallest absolute Gasteiger partial charge is 0.0647 e. The van der Waals surface area contributed by atoms with Crippen molar-refractivity contribution in [1.29, 1.82) is 0 Å². The Bertz CT molecular complexity index is 643. The van der Waals surface area contributed by atoms with Crippen molar-refractivity contribution in [2.75, 3.05) is 25.1 Å². The Balaban J connectivity index is 0.00000192. The van der Waals surface area contributed by atoms with Gasteiger partial charge >= 0.3 is 0 Å². The molecule has 23 heavy (non-hydrogen) atoms. The van der Waals surface area contributed by atoms with Crippen LogP contribution in [0.15, 0.2) is 30.5 Å². The first-order chi connectivity index (χ1) is 10.8. The summed E-state index contributed by atoms with van der Waals surface area (Å²) in [7, 11) is 1.61. The summed E-state index contributed by atoms with van der Waals surface area (Å²) in [6.45, 7) is 2.14. The van der Waals surface area contributed by atoms with Crippen molar-refractivity contribution in [2.24, 2.45) is 0 Å². The number of hydrogen-bond donors (Lipinski definition) is 1. The summed E-state index contributed by atoms with van der Waals surface area (Å²) >= 11 is 0. The minimum absolute atomic E-state index is 0. The number of ether oxygens (including phenoxy) is 1. The van der Waals surface area contributed by atoms with Crippen LogP contribution >= 0.6 is 0 Å². The molecule has 1 aromatic heterocycles. The molecule has 0 spiro atoms. The van der Waals surface area contributed by atoms with Gasteiger partial charge in [0.15, 0.2) is 0 Å². The van der Waals surface area contributed by atoms with Crippen LogP contribution in [0.2, 0.25) is 0 Å². The molecule has 1 aromatic carbocycles. The van der Waals surface area contributed by atoms with E-state index in [1.54, 1.807) is 13.2 Å². The zero-order valence-electron chi connectivity index (χ0n) is 13.2. The SMILES string of the molecule is COc1c[c-]c(-c2cc(N3CCCCC3)ccn2)c(CO)c1.[Ir]. The van der Waals surface area contributed by atoms with Crippen LogP contribution in [0.5, 0.6) is 5.75 Å². The third kappa shape index (κ3) is 4.11. The molecular weight excluding hydrogens is 468 g/mol. The van der Waals surface area contributed by atoms with Gasteiger partial charge in [-0.15, -0.1) is 17.7 Å². The third-order valence-electron chi connectivity index (χ3n) is 4.12. The topological polar surface area (TPSA) is 45.6 Å². The molecule has 3 rings (SSSR count). The van der Waals surface area contributed by atoms with Crippen LogP contribution in [0, 0.1) is 6.07 Å². The Hall–Kier alpha value is -1.42. The van der Waals surface area contributed by atoms with Crippen LogP contribution < -0.4 is 9.64 Å². The van der Waals surface area contributed by atoms with E-state index >= 15 is 0 Å². The zero-order chi connectivity index (χ0) is 15.4. The number of pyridine rings is 1. The molecule has 1 radical (unpaired) electrons. The fourth-order valence-electron chi connectivity index (χ4n) is 2.91. The van der Waals surface area contributed by atoms with Crippen molar-refractivity contribution in [3.63, 3.8) is 0 Å². The van der Waals surface area contributed by atoms with Gasteiger partial charge in [-0.1, -0.05) is 17.7 Å². The van der Waals surface area contributed by atoms with Crippen molar-refractivity contribution in [2.45, 2.75) is 25.9 Å². The van der Waals surface area contributed by atoms with Gasteiger partial charge < -0.3 is 19.7 Å². The van der Waals surface area contributed by atoms with Crippen molar-refractivity contribution >= 4 is 5.69 Å². The molecule has 5 heteroatoms. The predicted octanol–water partition coefficient (Wildman–Crippen LogP) is 3.04. The van der Waals surface area contributed by atoms with E-state index in [0.29, 0.717) is 5.75 Å². The molecule has 0 unspecified atom stereocenters. The van der Waals surface area contributed by atoms with E-state index in [1.807, 2.05) is 12.3 Å². The van der Waals surface area contributed by atoms with Gasteiger partial charge in [-0.25, -0.2) is 0 Å². The van der Waals surface area contributed by atoms with Crippen LogP contribution in [0.1, 0.15) is 24.8 Å². The molecule has 0 bridgehead atoms. The summed E-state index contributed by atoms with van der Waals surface area (Å²) in [5, 5.41) is 9.60. The normalized spacial score (nSPS) is 14.3. The molecular formula is C18H21IrN2O2-. The Morgan fingerprint density at radius 1 is 1.26 bits per heavy atom. The number of nitrogens with zero attached hydrogens (tertiary/aromatic N) is 2. The van der Waals surface area contributed by atoms with Crippen LogP contribution in [-0.2, 0) is 26.7 Å². The average Bonchev–Trinajstić information content (AvgIpc) is 2.62. The van der Waals surface area contributed by atoms with E-state index in [0.717, 1.165) is 29.9 Å². The van der Waals surface area contributed by atoms with Crippen molar-refractivity contribution in [3.8, 4) is 17.0 Å². The number of piperidine rings is 1. The van der Waals surface area contributed by atoms with Crippen molar-refractivity contribution in [1.82, 2.24) is 4.98 Å². The van der Waals surface area contributed by atoms with E-state index in [2.05, 4.69) is 28.1 Å². The second kappa shape index (κ2) is 8.44. The first-order valence-electron chi connectivity index (χ1n) is 7.72. The molecule has 0 aliphatic carbocycles. The maximum atomic E-state index is 9.60. The zero-order valence-corrected chi connectivity index (χ0v) is 15.6. The molecule has 2 aromatic rings. The summed E-state index contributed by atoms with van der Waals surface area (Å²) in [4.78, 5) is 6.86. The Labute approximate surface area is 150 Å². The van der Waals surface area contributed by atoms with Crippen LogP contribution in [0.25, 0.3) is 11.3 Å². The molecule has 1 fully saturated rings. The van der Waals surface area contributed by atoms with Gasteiger partial charge in [-0.05, 0) is 31.0 Å². The maximum Gasteiger partial charge on any atom is 0.0647 e. The molecule has 1 saturated heterocycles. The molecule has 1 N–H and O–H groups in total. The van der Waals surface area contributed by atoms with Crippen LogP contribution in [-0.4, -0.2) is 30.3 Å². The van der Waals surface area contributed by atoms with Crippen molar-refractivity contribution < 1.29 is 29.9 Å². The van der Waals surface area contributed by atoms with Gasteiger partial charge in [0.25, 0.3) is 0 Å². The molecule has 0 amide bonds. The number of anilines is 1. The molecule has 0 atom stereocenters. The number of benzene rings is 1. The summed E-state index contributed by atoms with van der Waals surface area (Å²) in [5.41, 5.74) is 3.65. The van der Waals surface area contributed by atoms with E-state index in [9.17, 15) is 5.11 Å². The molecule has 2 heterocycles. The third-order valence-corrected chi connectivity index (χ3v) is 4.12. The Kier molecular flexibility index (Phi) is 6.58. The first-order valence-corrected chi connectivity index (χ1v) is 7.72. The molecule has 1 aliphatic heterocycles. The second-order valence-electron chi connectivity index (χ2n) is 5.54. The standard InChI is InChI=1S/C18H21N2O2.Ir/c1-22-16-5-6-17(14(11-16)13-21)18-12-15(7-8-19-18)20-9-3-2-4-10-20;/h5,7-8,11-12,21H,2-4,9-10,13H2,1H3;/q-1;. The second-order valence-corrected chi connectivity index (χ2v) is 5.54. The quantitative estimate of drug-likeness (QED) is 0.671. The van der Waals surface area contributed by atoms with E-state index in [-0.39, 0.29) is 26.7 Å². The van der Waals surface area contributed by atoms with Gasteiger partial charge in [-0.2, -0.15) is 0 Å². The summed E-state index contributed by atoms with van der Waals surface area (Å²) < 4.78 is 5.20. The van der Waals surface area contributed by atoms with Gasteiger partial charge in [0.2, 0.25) is 0 Å². The summed E-state index contributed by atoms with van der Waals surface area (Å²) in [6.07, 6.45) is 5.64. The average molecular weight is 490 g/mol. The minimum atomic E-state index is -0.0569. The van der Waals surface area contributed by atoms with E-state index in [4.69, 9.17) is 4.74 Å². The van der Waals surface area contributed by atoms with E-state index < -0.39 is 0 Å². The number of methoxy groups -OCH3 is 1. The fraction of sp³-hybridized carbons (Fsp3) is 0.389.